The van der Waals surface area contributed by atoms with Crippen LogP contribution in [0.4, 0.5) is 0 Å². The van der Waals surface area contributed by atoms with Crippen molar-refractivity contribution in [1.29, 1.82) is 0 Å². The van der Waals surface area contributed by atoms with Gasteiger partial charge in [0.1, 0.15) is 0 Å². The maximum Gasteiger partial charge on any atom is 0.227 e. The SMILES string of the molecule is CS(=O)(=O)N(CCN1CCOCC1)C1CCN(C(=O)Cc2cccnc2)C1. The maximum absolute atomic E-state index is 12.5. The van der Waals surface area contributed by atoms with E-state index >= 15 is 0 Å². The van der Waals surface area contributed by atoms with Crippen molar-refractivity contribution >= 4 is 15.9 Å². The van der Waals surface area contributed by atoms with Crippen LogP contribution >= 0.6 is 0 Å². The second kappa shape index (κ2) is 9.09. The molecular formula is C18H28N4O4S. The molecule has 1 amide bonds. The highest BCUT2D eigenvalue weighted by molar-refractivity contribution is 7.88. The number of carbonyl (C=O) groups is 1. The highest BCUT2D eigenvalue weighted by Crippen LogP contribution is 2.19. The van der Waals surface area contributed by atoms with Gasteiger partial charge in [-0.25, -0.2) is 8.42 Å². The van der Waals surface area contributed by atoms with Crippen molar-refractivity contribution in [1.82, 2.24) is 19.1 Å². The summed E-state index contributed by atoms with van der Waals surface area (Å²) in [4.78, 5) is 20.6. The molecule has 8 nitrogen and oxygen atoms in total. The first-order valence-corrected chi connectivity index (χ1v) is 11.2. The van der Waals surface area contributed by atoms with Crippen molar-refractivity contribution in [2.75, 3.05) is 58.7 Å². The first-order valence-electron chi connectivity index (χ1n) is 9.37. The number of hydrogen-bond acceptors (Lipinski definition) is 6. The van der Waals surface area contributed by atoms with E-state index in [4.69, 9.17) is 4.74 Å². The fourth-order valence-corrected chi connectivity index (χ4v) is 4.80. The molecule has 0 saturated carbocycles. The van der Waals surface area contributed by atoms with Crippen LogP contribution in [0.3, 0.4) is 0 Å². The van der Waals surface area contributed by atoms with Gasteiger partial charge in [-0.15, -0.1) is 0 Å². The number of pyridine rings is 1. The smallest absolute Gasteiger partial charge is 0.227 e. The first-order chi connectivity index (χ1) is 12.9. The molecule has 1 aromatic rings. The van der Waals surface area contributed by atoms with E-state index in [9.17, 15) is 13.2 Å². The topological polar surface area (TPSA) is 83.1 Å². The lowest BCUT2D eigenvalue weighted by Crippen LogP contribution is -2.47. The van der Waals surface area contributed by atoms with Gasteiger partial charge in [0, 0.05) is 57.7 Å². The van der Waals surface area contributed by atoms with Gasteiger partial charge >= 0.3 is 0 Å². The van der Waals surface area contributed by atoms with Crippen LogP contribution in [0, 0.1) is 0 Å². The van der Waals surface area contributed by atoms with Crippen LogP contribution in [0.5, 0.6) is 0 Å². The summed E-state index contributed by atoms with van der Waals surface area (Å²) in [6, 6.07) is 3.54. The Balaban J connectivity index is 1.56. The minimum absolute atomic E-state index is 0.0205. The van der Waals surface area contributed by atoms with Gasteiger partial charge in [-0.1, -0.05) is 6.07 Å². The zero-order valence-corrected chi connectivity index (χ0v) is 16.6. The summed E-state index contributed by atoms with van der Waals surface area (Å²) in [6.45, 7) is 5.24. The Morgan fingerprint density at radius 2 is 2.11 bits per heavy atom. The molecule has 2 fully saturated rings. The van der Waals surface area contributed by atoms with Crippen LogP contribution < -0.4 is 0 Å². The largest absolute Gasteiger partial charge is 0.379 e. The van der Waals surface area contributed by atoms with Crippen LogP contribution in [-0.4, -0.2) is 98.2 Å². The second-order valence-electron chi connectivity index (χ2n) is 7.15. The third-order valence-electron chi connectivity index (χ3n) is 5.17. The molecule has 1 aromatic heterocycles. The average molecular weight is 397 g/mol. The van der Waals surface area contributed by atoms with Gasteiger partial charge in [-0.05, 0) is 18.1 Å². The number of sulfonamides is 1. The Bertz CT molecular complexity index is 722. The number of aromatic nitrogens is 1. The van der Waals surface area contributed by atoms with Gasteiger partial charge < -0.3 is 9.64 Å². The normalized spacial score (nSPS) is 21.7. The summed E-state index contributed by atoms with van der Waals surface area (Å²) in [5.41, 5.74) is 0.873. The number of nitrogens with zero attached hydrogens (tertiary/aromatic N) is 4. The molecule has 3 heterocycles. The van der Waals surface area contributed by atoms with Crippen LogP contribution in [0.15, 0.2) is 24.5 Å². The quantitative estimate of drug-likeness (QED) is 0.636. The minimum atomic E-state index is -3.33. The molecule has 2 saturated heterocycles. The minimum Gasteiger partial charge on any atom is -0.379 e. The molecule has 1 atom stereocenters. The summed E-state index contributed by atoms with van der Waals surface area (Å²) in [7, 11) is -3.33. The summed E-state index contributed by atoms with van der Waals surface area (Å²) in [5.74, 6) is 0.0205. The Morgan fingerprint density at radius 1 is 1.33 bits per heavy atom. The molecule has 27 heavy (non-hydrogen) atoms. The van der Waals surface area contributed by atoms with E-state index in [1.54, 1.807) is 21.6 Å². The Morgan fingerprint density at radius 3 is 2.78 bits per heavy atom. The molecule has 9 heteroatoms. The lowest BCUT2D eigenvalue weighted by atomic mass is 10.2. The summed E-state index contributed by atoms with van der Waals surface area (Å²) in [5, 5.41) is 0. The summed E-state index contributed by atoms with van der Waals surface area (Å²) in [6.07, 6.45) is 5.60. The van der Waals surface area contributed by atoms with E-state index in [0.29, 0.717) is 52.2 Å². The number of likely N-dealkylation sites (tertiary alicyclic amines) is 1. The number of carbonyl (C=O) groups excluding carboxylic acids is 1. The Labute approximate surface area is 161 Å². The van der Waals surface area contributed by atoms with E-state index in [1.165, 1.54) is 6.26 Å². The van der Waals surface area contributed by atoms with Gasteiger partial charge in [-0.3, -0.25) is 14.7 Å². The molecule has 0 N–H and O–H groups in total. The van der Waals surface area contributed by atoms with Gasteiger partial charge in [0.05, 0.1) is 25.9 Å². The molecule has 0 radical (unpaired) electrons. The number of ether oxygens (including phenoxy) is 1. The Hall–Kier alpha value is -1.55. The predicted molar refractivity (Wildman–Crippen MR) is 102 cm³/mol. The van der Waals surface area contributed by atoms with Gasteiger partial charge in [-0.2, -0.15) is 4.31 Å². The van der Waals surface area contributed by atoms with E-state index in [2.05, 4.69) is 9.88 Å². The third kappa shape index (κ3) is 5.71. The lowest BCUT2D eigenvalue weighted by molar-refractivity contribution is -0.129. The van der Waals surface area contributed by atoms with Crippen molar-refractivity contribution in [3.63, 3.8) is 0 Å². The van der Waals surface area contributed by atoms with Crippen LogP contribution in [0.25, 0.3) is 0 Å². The fraction of sp³-hybridized carbons (Fsp3) is 0.667. The van der Waals surface area contributed by atoms with Gasteiger partial charge in [0.25, 0.3) is 0 Å². The highest BCUT2D eigenvalue weighted by Gasteiger charge is 2.34. The van der Waals surface area contributed by atoms with Crippen LogP contribution in [-0.2, 0) is 26.0 Å². The zero-order valence-electron chi connectivity index (χ0n) is 15.8. The molecule has 0 bridgehead atoms. The number of amides is 1. The van der Waals surface area contributed by atoms with Crippen LogP contribution in [0.2, 0.25) is 0 Å². The van der Waals surface area contributed by atoms with Gasteiger partial charge in [0.2, 0.25) is 15.9 Å². The Kier molecular flexibility index (Phi) is 6.80. The van der Waals surface area contributed by atoms with Crippen molar-refractivity contribution in [2.45, 2.75) is 18.9 Å². The number of hydrogen-bond donors (Lipinski definition) is 0. The highest BCUT2D eigenvalue weighted by atomic mass is 32.2. The summed E-state index contributed by atoms with van der Waals surface area (Å²) >= 11 is 0. The molecular weight excluding hydrogens is 368 g/mol. The first kappa shape index (κ1) is 20.2. The molecule has 0 spiro atoms. The lowest BCUT2D eigenvalue weighted by Gasteiger charge is -2.31. The van der Waals surface area contributed by atoms with E-state index in [-0.39, 0.29) is 11.9 Å². The fourth-order valence-electron chi connectivity index (χ4n) is 3.68. The van der Waals surface area contributed by atoms with E-state index in [0.717, 1.165) is 18.7 Å². The molecule has 0 aliphatic carbocycles. The predicted octanol–water partition coefficient (Wildman–Crippen LogP) is -0.181. The monoisotopic (exact) mass is 396 g/mol. The maximum atomic E-state index is 12.5. The summed E-state index contributed by atoms with van der Waals surface area (Å²) < 4.78 is 31.6. The molecule has 150 valence electrons. The zero-order chi connectivity index (χ0) is 19.3. The van der Waals surface area contributed by atoms with E-state index < -0.39 is 10.0 Å². The van der Waals surface area contributed by atoms with Crippen molar-refractivity contribution in [3.05, 3.63) is 30.1 Å². The third-order valence-corrected chi connectivity index (χ3v) is 6.50. The molecule has 2 aliphatic heterocycles. The average Bonchev–Trinajstić information content (AvgIpc) is 3.12. The molecule has 2 aliphatic rings. The molecule has 0 aromatic carbocycles. The number of morpholine rings is 1. The standard InChI is InChI=1S/C18H28N4O4S/c1-27(24,25)22(8-7-20-9-11-26-12-10-20)17-4-6-21(15-17)18(23)13-16-3-2-5-19-14-16/h2-3,5,14,17H,4,6-13,15H2,1H3. The van der Waals surface area contributed by atoms with Crippen LogP contribution in [0.1, 0.15) is 12.0 Å². The second-order valence-corrected chi connectivity index (χ2v) is 9.08. The van der Waals surface area contributed by atoms with Gasteiger partial charge in [0.15, 0.2) is 0 Å². The van der Waals surface area contributed by atoms with Crippen molar-refractivity contribution in [2.24, 2.45) is 0 Å². The van der Waals surface area contributed by atoms with Crippen molar-refractivity contribution in [3.8, 4) is 0 Å². The van der Waals surface area contributed by atoms with E-state index in [1.807, 2.05) is 12.1 Å². The van der Waals surface area contributed by atoms with Crippen molar-refractivity contribution < 1.29 is 17.9 Å². The number of rotatable bonds is 7. The molecule has 3 rings (SSSR count). The molecule has 1 unspecified atom stereocenters.